The predicted octanol–water partition coefficient (Wildman–Crippen LogP) is 4.79. The van der Waals surface area contributed by atoms with Gasteiger partial charge in [0.25, 0.3) is 0 Å². The minimum Gasteiger partial charge on any atom is -0.504 e. The molecular weight excluding hydrogens is 406 g/mol. The van der Waals surface area contributed by atoms with E-state index in [0.717, 1.165) is 37.0 Å². The molecule has 6 heteroatoms. The normalized spacial score (nSPS) is 20.1. The first-order chi connectivity index (χ1) is 15.5. The monoisotopic (exact) mass is 439 g/mol. The lowest BCUT2D eigenvalue weighted by Gasteiger charge is -2.28. The van der Waals surface area contributed by atoms with Crippen LogP contribution in [-0.4, -0.2) is 41.8 Å². The van der Waals surface area contributed by atoms with Gasteiger partial charge in [-0.25, -0.2) is 0 Å². The minimum absolute atomic E-state index is 0.0449. The molecule has 0 saturated heterocycles. The van der Waals surface area contributed by atoms with E-state index in [4.69, 9.17) is 14.2 Å². The van der Waals surface area contributed by atoms with Crippen LogP contribution in [0.4, 0.5) is 0 Å². The third-order valence-electron chi connectivity index (χ3n) is 5.94. The maximum Gasteiger partial charge on any atom is 0.226 e. The van der Waals surface area contributed by atoms with Crippen molar-refractivity contribution in [3.05, 3.63) is 48.0 Å². The second-order valence-corrected chi connectivity index (χ2v) is 9.17. The Balaban J connectivity index is 1.45. The highest BCUT2D eigenvalue weighted by atomic mass is 16.5. The molecule has 1 heterocycles. The van der Waals surface area contributed by atoms with Gasteiger partial charge in [-0.05, 0) is 55.0 Å². The van der Waals surface area contributed by atoms with Crippen molar-refractivity contribution in [2.75, 3.05) is 19.8 Å². The minimum atomic E-state index is -0.0449. The van der Waals surface area contributed by atoms with E-state index in [2.05, 4.69) is 13.8 Å². The van der Waals surface area contributed by atoms with Gasteiger partial charge in [0.2, 0.25) is 11.7 Å². The first-order valence-corrected chi connectivity index (χ1v) is 11.6. The number of rotatable bonds is 7. The summed E-state index contributed by atoms with van der Waals surface area (Å²) in [6.07, 6.45) is 3.28. The summed E-state index contributed by atoms with van der Waals surface area (Å²) < 4.78 is 17.5. The average Bonchev–Trinajstić information content (AvgIpc) is 3.09. The van der Waals surface area contributed by atoms with Crippen molar-refractivity contribution in [2.45, 2.75) is 52.2 Å². The molecule has 6 nitrogen and oxygen atoms in total. The van der Waals surface area contributed by atoms with Crippen LogP contribution in [0, 0.1) is 11.8 Å². The Labute approximate surface area is 190 Å². The second kappa shape index (κ2) is 10.2. The summed E-state index contributed by atoms with van der Waals surface area (Å²) in [6, 6.07) is 13.4. The van der Waals surface area contributed by atoms with Crippen LogP contribution in [-0.2, 0) is 11.3 Å². The van der Waals surface area contributed by atoms with Crippen LogP contribution in [0.25, 0.3) is 0 Å². The van der Waals surface area contributed by atoms with Crippen molar-refractivity contribution in [1.82, 2.24) is 4.90 Å². The summed E-state index contributed by atoms with van der Waals surface area (Å²) in [5.41, 5.74) is 0.843. The van der Waals surface area contributed by atoms with E-state index in [1.807, 2.05) is 41.3 Å². The zero-order valence-corrected chi connectivity index (χ0v) is 19.0. The number of carbonyl (C=O) groups excluding carboxylic acids is 1. The van der Waals surface area contributed by atoms with Crippen LogP contribution in [0.15, 0.2) is 42.5 Å². The zero-order chi connectivity index (χ0) is 22.5. The Bertz CT molecular complexity index is 914. The summed E-state index contributed by atoms with van der Waals surface area (Å²) in [5.74, 6) is 2.31. The summed E-state index contributed by atoms with van der Waals surface area (Å²) in [4.78, 5) is 15.4. The fourth-order valence-corrected chi connectivity index (χ4v) is 4.52. The quantitative estimate of drug-likeness (QED) is 0.672. The molecule has 0 aromatic heterocycles. The van der Waals surface area contributed by atoms with E-state index in [-0.39, 0.29) is 23.7 Å². The highest BCUT2D eigenvalue weighted by Crippen LogP contribution is 2.40. The van der Waals surface area contributed by atoms with E-state index < -0.39 is 0 Å². The summed E-state index contributed by atoms with van der Waals surface area (Å²) >= 11 is 0. The average molecular weight is 440 g/mol. The van der Waals surface area contributed by atoms with Gasteiger partial charge in [-0.2, -0.15) is 0 Å². The first-order valence-electron chi connectivity index (χ1n) is 11.6. The van der Waals surface area contributed by atoms with Crippen molar-refractivity contribution in [2.24, 2.45) is 11.8 Å². The molecule has 1 saturated carbocycles. The highest BCUT2D eigenvalue weighted by molar-refractivity contribution is 5.79. The van der Waals surface area contributed by atoms with Gasteiger partial charge >= 0.3 is 0 Å². The van der Waals surface area contributed by atoms with Crippen molar-refractivity contribution < 1.29 is 24.1 Å². The van der Waals surface area contributed by atoms with Gasteiger partial charge in [0.05, 0.1) is 19.3 Å². The molecule has 172 valence electrons. The Morgan fingerprint density at radius 2 is 1.94 bits per heavy atom. The van der Waals surface area contributed by atoms with Gasteiger partial charge < -0.3 is 24.2 Å². The molecule has 0 bridgehead atoms. The second-order valence-electron chi connectivity index (χ2n) is 9.17. The van der Waals surface area contributed by atoms with Crippen molar-refractivity contribution in [1.29, 1.82) is 0 Å². The fourth-order valence-electron chi connectivity index (χ4n) is 4.52. The molecule has 2 aromatic rings. The van der Waals surface area contributed by atoms with E-state index in [0.29, 0.717) is 43.7 Å². The number of para-hydroxylation sites is 1. The summed E-state index contributed by atoms with van der Waals surface area (Å²) in [5, 5.41) is 10.5. The van der Waals surface area contributed by atoms with Crippen LogP contribution >= 0.6 is 0 Å². The van der Waals surface area contributed by atoms with Gasteiger partial charge in [-0.15, -0.1) is 0 Å². The third-order valence-corrected chi connectivity index (χ3v) is 5.94. The van der Waals surface area contributed by atoms with Gasteiger partial charge in [-0.1, -0.05) is 32.0 Å². The van der Waals surface area contributed by atoms with Gasteiger partial charge in [0, 0.05) is 25.4 Å². The molecule has 2 aliphatic rings. The Morgan fingerprint density at radius 3 is 2.72 bits per heavy atom. The number of ether oxygens (including phenoxy) is 3. The number of hydrogen-bond acceptors (Lipinski definition) is 5. The number of carbonyl (C=O) groups is 1. The Kier molecular flexibility index (Phi) is 7.08. The first kappa shape index (κ1) is 22.3. The molecule has 32 heavy (non-hydrogen) atoms. The lowest BCUT2D eigenvalue weighted by molar-refractivity contribution is -0.136. The molecule has 1 fully saturated rings. The molecule has 0 spiro atoms. The lowest BCUT2D eigenvalue weighted by Crippen LogP contribution is -2.37. The number of hydrogen-bond donors (Lipinski definition) is 1. The third kappa shape index (κ3) is 5.47. The Morgan fingerprint density at radius 1 is 1.16 bits per heavy atom. The lowest BCUT2D eigenvalue weighted by atomic mass is 10.0. The number of amides is 1. The molecule has 0 radical (unpaired) electrons. The van der Waals surface area contributed by atoms with E-state index in [9.17, 15) is 9.90 Å². The van der Waals surface area contributed by atoms with Crippen molar-refractivity contribution >= 4 is 5.91 Å². The maximum absolute atomic E-state index is 13.5. The molecule has 2 unspecified atom stereocenters. The standard InChI is InChI=1S/C26H33NO5/c1-18(2)16-27(17-19-13-23(28)25-24(14-19)30-11-6-12-31-25)26(29)20-9-10-22(15-20)32-21-7-4-3-5-8-21/h3-5,7-8,13-14,18,20,22,28H,6,9-12,15-17H2,1-2H3. The van der Waals surface area contributed by atoms with Crippen molar-refractivity contribution in [3.63, 3.8) is 0 Å². The van der Waals surface area contributed by atoms with Crippen LogP contribution in [0.1, 0.15) is 45.1 Å². The molecule has 2 atom stereocenters. The Hall–Kier alpha value is -2.89. The van der Waals surface area contributed by atoms with Crippen molar-refractivity contribution in [3.8, 4) is 23.0 Å². The SMILES string of the molecule is CC(C)CN(Cc1cc(O)c2c(c1)OCCCO2)C(=O)C1CCC(Oc2ccccc2)C1. The summed E-state index contributed by atoms with van der Waals surface area (Å²) in [6.45, 7) is 6.39. The number of nitrogens with zero attached hydrogens (tertiary/aromatic N) is 1. The van der Waals surface area contributed by atoms with Gasteiger partial charge in [0.15, 0.2) is 11.5 Å². The molecule has 1 amide bonds. The van der Waals surface area contributed by atoms with Crippen LogP contribution in [0.2, 0.25) is 0 Å². The van der Waals surface area contributed by atoms with E-state index in [1.165, 1.54) is 0 Å². The fraction of sp³-hybridized carbons (Fsp3) is 0.500. The molecule has 1 N–H and O–H groups in total. The number of phenolic OH excluding ortho intramolecular Hbond substituents is 1. The molecule has 1 aliphatic carbocycles. The maximum atomic E-state index is 13.5. The molecule has 2 aromatic carbocycles. The number of fused-ring (bicyclic) bond motifs is 1. The molecule has 1 aliphatic heterocycles. The van der Waals surface area contributed by atoms with Crippen LogP contribution in [0.3, 0.4) is 0 Å². The number of aromatic hydroxyl groups is 1. The highest BCUT2D eigenvalue weighted by Gasteiger charge is 2.34. The van der Waals surface area contributed by atoms with E-state index >= 15 is 0 Å². The largest absolute Gasteiger partial charge is 0.504 e. The predicted molar refractivity (Wildman–Crippen MR) is 122 cm³/mol. The van der Waals surface area contributed by atoms with Gasteiger partial charge in [0.1, 0.15) is 5.75 Å². The van der Waals surface area contributed by atoms with Gasteiger partial charge in [-0.3, -0.25) is 4.79 Å². The molecular formula is C26H33NO5. The smallest absolute Gasteiger partial charge is 0.226 e. The number of benzene rings is 2. The van der Waals surface area contributed by atoms with E-state index in [1.54, 1.807) is 6.07 Å². The number of phenols is 1. The zero-order valence-electron chi connectivity index (χ0n) is 19.0. The van der Waals surface area contributed by atoms with Crippen LogP contribution < -0.4 is 14.2 Å². The summed E-state index contributed by atoms with van der Waals surface area (Å²) in [7, 11) is 0. The molecule has 4 rings (SSSR count). The van der Waals surface area contributed by atoms with Crippen LogP contribution in [0.5, 0.6) is 23.0 Å². The topological polar surface area (TPSA) is 68.2 Å².